The van der Waals surface area contributed by atoms with E-state index < -0.39 is 6.04 Å². The molecule has 3 heterocycles. The summed E-state index contributed by atoms with van der Waals surface area (Å²) in [6.45, 7) is 6.78. The number of hydrogen-bond donors (Lipinski definition) is 1. The smallest absolute Gasteiger partial charge is 0.255 e. The number of rotatable bonds is 6. The Labute approximate surface area is 177 Å². The Kier molecular flexibility index (Phi) is 6.09. The van der Waals surface area contributed by atoms with Gasteiger partial charge >= 0.3 is 0 Å². The van der Waals surface area contributed by atoms with E-state index in [1.165, 1.54) is 12.8 Å². The highest BCUT2D eigenvalue weighted by atomic mass is 16.5. The number of benzene rings is 1. The maximum Gasteiger partial charge on any atom is 0.255 e. The molecule has 1 N–H and O–H groups in total. The summed E-state index contributed by atoms with van der Waals surface area (Å²) in [6.07, 6.45) is 5.42. The predicted molar refractivity (Wildman–Crippen MR) is 112 cm³/mol. The average Bonchev–Trinajstić information content (AvgIpc) is 3.05. The van der Waals surface area contributed by atoms with Gasteiger partial charge in [0.2, 0.25) is 11.8 Å². The summed E-state index contributed by atoms with van der Waals surface area (Å²) >= 11 is 0. The van der Waals surface area contributed by atoms with E-state index in [9.17, 15) is 14.4 Å². The van der Waals surface area contributed by atoms with Gasteiger partial charge in [-0.1, -0.05) is 20.3 Å². The van der Waals surface area contributed by atoms with Crippen LogP contribution in [0.2, 0.25) is 0 Å². The highest BCUT2D eigenvalue weighted by molar-refractivity contribution is 6.05. The predicted octanol–water partition coefficient (Wildman–Crippen LogP) is 2.48. The van der Waals surface area contributed by atoms with Crippen molar-refractivity contribution in [2.45, 2.75) is 77.1 Å². The molecule has 7 nitrogen and oxygen atoms in total. The van der Waals surface area contributed by atoms with Crippen molar-refractivity contribution < 1.29 is 19.1 Å². The molecule has 0 radical (unpaired) electrons. The molecule has 3 atom stereocenters. The quantitative estimate of drug-likeness (QED) is 0.725. The molecule has 3 aliphatic heterocycles. The summed E-state index contributed by atoms with van der Waals surface area (Å²) in [4.78, 5) is 40.5. The van der Waals surface area contributed by atoms with Gasteiger partial charge in [-0.2, -0.15) is 0 Å². The molecular weight excluding hydrogens is 382 g/mol. The third-order valence-electron chi connectivity index (χ3n) is 6.60. The molecule has 0 saturated carbocycles. The van der Waals surface area contributed by atoms with Crippen LogP contribution in [0.25, 0.3) is 0 Å². The van der Waals surface area contributed by atoms with Crippen molar-refractivity contribution in [1.82, 2.24) is 15.1 Å². The number of ether oxygens (including phenoxy) is 1. The molecule has 1 aromatic carbocycles. The van der Waals surface area contributed by atoms with Crippen molar-refractivity contribution >= 4 is 17.7 Å². The lowest BCUT2D eigenvalue weighted by Gasteiger charge is -2.39. The topological polar surface area (TPSA) is 79.0 Å². The number of hydrogen-bond acceptors (Lipinski definition) is 5. The summed E-state index contributed by atoms with van der Waals surface area (Å²) in [6, 6.07) is 5.67. The van der Waals surface area contributed by atoms with E-state index >= 15 is 0 Å². The molecule has 0 spiro atoms. The van der Waals surface area contributed by atoms with Crippen LogP contribution in [0.3, 0.4) is 0 Å². The summed E-state index contributed by atoms with van der Waals surface area (Å²) in [7, 11) is 0. The Bertz CT molecular complexity index is 840. The largest absolute Gasteiger partial charge is 0.489 e. The zero-order valence-corrected chi connectivity index (χ0v) is 17.9. The van der Waals surface area contributed by atoms with Crippen molar-refractivity contribution in [3.05, 3.63) is 29.3 Å². The molecule has 0 aliphatic carbocycles. The number of nitrogens with one attached hydrogen (secondary N) is 1. The Morgan fingerprint density at radius 1 is 1.13 bits per heavy atom. The number of carbonyl (C=O) groups is 3. The van der Waals surface area contributed by atoms with Crippen LogP contribution in [-0.4, -0.2) is 58.8 Å². The maximum absolute atomic E-state index is 12.8. The van der Waals surface area contributed by atoms with Crippen LogP contribution in [0.1, 0.15) is 68.3 Å². The van der Waals surface area contributed by atoms with Crippen molar-refractivity contribution in [3.63, 3.8) is 0 Å². The number of piperidine rings is 2. The van der Waals surface area contributed by atoms with E-state index in [0.29, 0.717) is 24.6 Å². The van der Waals surface area contributed by atoms with Crippen LogP contribution < -0.4 is 10.1 Å². The lowest BCUT2D eigenvalue weighted by molar-refractivity contribution is -0.136. The SMILES string of the molecule is CCC[C@H]1CC[C@@H](Oc2ccc3c(c2)CN(C2CCC(=O)NC2=O)C3=O)CN1CC. The number of imide groups is 1. The van der Waals surface area contributed by atoms with Crippen LogP contribution >= 0.6 is 0 Å². The molecule has 3 aliphatic rings. The normalized spacial score (nSPS) is 27.2. The van der Waals surface area contributed by atoms with Crippen LogP contribution in [-0.2, 0) is 16.1 Å². The standard InChI is InChI=1S/C23H31N3O4/c1-3-5-16-6-7-18(14-25(16)4-2)30-17-8-9-19-15(12-17)13-26(23(19)29)20-10-11-21(27)24-22(20)28/h8-9,12,16,18,20H,3-7,10-11,13-14H2,1-2H3,(H,24,27,28)/t16-,18+,20?/m0/s1. The molecule has 162 valence electrons. The summed E-state index contributed by atoms with van der Waals surface area (Å²) < 4.78 is 6.29. The Hall–Kier alpha value is -2.41. The Morgan fingerprint density at radius 3 is 2.70 bits per heavy atom. The zero-order chi connectivity index (χ0) is 21.3. The fourth-order valence-electron chi connectivity index (χ4n) is 5.02. The van der Waals surface area contributed by atoms with E-state index in [1.54, 1.807) is 11.0 Å². The minimum Gasteiger partial charge on any atom is -0.489 e. The summed E-state index contributed by atoms with van der Waals surface area (Å²) in [5.74, 6) is -0.0248. The first-order valence-corrected chi connectivity index (χ1v) is 11.2. The van der Waals surface area contributed by atoms with E-state index in [2.05, 4.69) is 24.1 Å². The van der Waals surface area contributed by atoms with Crippen molar-refractivity contribution in [1.29, 1.82) is 0 Å². The Morgan fingerprint density at radius 2 is 1.97 bits per heavy atom. The monoisotopic (exact) mass is 413 g/mol. The first-order valence-electron chi connectivity index (χ1n) is 11.2. The van der Waals surface area contributed by atoms with Gasteiger partial charge in [0.25, 0.3) is 5.91 Å². The fraction of sp³-hybridized carbons (Fsp3) is 0.609. The number of likely N-dealkylation sites (N-methyl/N-ethyl adjacent to an activating group) is 1. The van der Waals surface area contributed by atoms with Crippen LogP contribution in [0.4, 0.5) is 0 Å². The van der Waals surface area contributed by atoms with Gasteiger partial charge in [-0.15, -0.1) is 0 Å². The molecule has 1 aromatic rings. The van der Waals surface area contributed by atoms with Crippen LogP contribution in [0, 0.1) is 0 Å². The van der Waals surface area contributed by atoms with Gasteiger partial charge in [0.15, 0.2) is 0 Å². The number of likely N-dealkylation sites (tertiary alicyclic amines) is 1. The van der Waals surface area contributed by atoms with Gasteiger partial charge < -0.3 is 9.64 Å². The molecule has 2 fully saturated rings. The summed E-state index contributed by atoms with van der Waals surface area (Å²) in [5.41, 5.74) is 1.50. The maximum atomic E-state index is 12.8. The lowest BCUT2D eigenvalue weighted by atomic mass is 9.96. The van der Waals surface area contributed by atoms with Crippen LogP contribution in [0.5, 0.6) is 5.75 Å². The molecule has 2 saturated heterocycles. The molecule has 30 heavy (non-hydrogen) atoms. The highest BCUT2D eigenvalue weighted by Crippen LogP contribution is 2.31. The van der Waals surface area contributed by atoms with E-state index in [4.69, 9.17) is 4.74 Å². The third kappa shape index (κ3) is 4.08. The minimum absolute atomic E-state index is 0.150. The second-order valence-electron chi connectivity index (χ2n) is 8.57. The second kappa shape index (κ2) is 8.76. The Balaban J connectivity index is 1.42. The van der Waals surface area contributed by atoms with Crippen molar-refractivity contribution in [2.75, 3.05) is 13.1 Å². The van der Waals surface area contributed by atoms with Crippen LogP contribution in [0.15, 0.2) is 18.2 Å². The number of carbonyl (C=O) groups excluding carboxylic acids is 3. The van der Waals surface area contributed by atoms with Gasteiger partial charge in [-0.05, 0) is 56.0 Å². The molecule has 0 aromatic heterocycles. The number of fused-ring (bicyclic) bond motifs is 1. The summed E-state index contributed by atoms with van der Waals surface area (Å²) in [5, 5.41) is 2.34. The van der Waals surface area contributed by atoms with Gasteiger partial charge in [0, 0.05) is 31.1 Å². The van der Waals surface area contributed by atoms with Gasteiger partial charge in [-0.25, -0.2) is 0 Å². The molecule has 0 bridgehead atoms. The average molecular weight is 414 g/mol. The zero-order valence-electron chi connectivity index (χ0n) is 17.9. The molecule has 3 amide bonds. The van der Waals surface area contributed by atoms with Gasteiger partial charge in [0.1, 0.15) is 17.9 Å². The molecule has 7 heteroatoms. The van der Waals surface area contributed by atoms with Gasteiger partial charge in [0.05, 0.1) is 0 Å². The molecule has 4 rings (SSSR count). The highest BCUT2D eigenvalue weighted by Gasteiger charge is 2.39. The third-order valence-corrected chi connectivity index (χ3v) is 6.60. The van der Waals surface area contributed by atoms with Gasteiger partial charge in [-0.3, -0.25) is 24.6 Å². The minimum atomic E-state index is -0.584. The van der Waals surface area contributed by atoms with Crippen molar-refractivity contribution in [3.8, 4) is 5.75 Å². The fourth-order valence-corrected chi connectivity index (χ4v) is 5.02. The lowest BCUT2D eigenvalue weighted by Crippen LogP contribution is -2.52. The van der Waals surface area contributed by atoms with E-state index in [-0.39, 0.29) is 30.2 Å². The molecular formula is C23H31N3O4. The number of nitrogens with zero attached hydrogens (tertiary/aromatic N) is 2. The molecule has 1 unspecified atom stereocenters. The first-order chi connectivity index (χ1) is 14.5. The van der Waals surface area contributed by atoms with Crippen molar-refractivity contribution in [2.24, 2.45) is 0 Å². The van der Waals surface area contributed by atoms with E-state index in [1.807, 2.05) is 12.1 Å². The second-order valence-corrected chi connectivity index (χ2v) is 8.57. The number of amides is 3. The first kappa shape index (κ1) is 20.8. The van der Waals surface area contributed by atoms with E-state index in [0.717, 1.165) is 37.2 Å².